The van der Waals surface area contributed by atoms with E-state index in [0.29, 0.717) is 28.1 Å². The molecule has 1 aromatic carbocycles. The molecular formula is C18H18ClFN6O. The fraction of sp³-hybridized carbons (Fsp3) is 0.278. The van der Waals surface area contributed by atoms with Gasteiger partial charge in [0.05, 0.1) is 18.8 Å². The van der Waals surface area contributed by atoms with Crippen molar-refractivity contribution in [1.29, 1.82) is 0 Å². The molecule has 1 saturated carbocycles. The summed E-state index contributed by atoms with van der Waals surface area (Å²) in [7, 11) is 0. The fourth-order valence-corrected chi connectivity index (χ4v) is 2.87. The molecule has 2 aromatic heterocycles. The quantitative estimate of drug-likeness (QED) is 0.492. The lowest BCUT2D eigenvalue weighted by Crippen LogP contribution is -2.17. The molecule has 0 radical (unpaired) electrons. The molecule has 1 aliphatic carbocycles. The maximum Gasteiger partial charge on any atom is 0.225 e. The number of aromatic nitrogens is 4. The number of benzene rings is 1. The van der Waals surface area contributed by atoms with Gasteiger partial charge in [-0.1, -0.05) is 23.7 Å². The molecule has 140 valence electrons. The maximum atomic E-state index is 13.1. The van der Waals surface area contributed by atoms with Gasteiger partial charge in [-0.05, 0) is 30.5 Å². The van der Waals surface area contributed by atoms with Gasteiger partial charge in [-0.25, -0.2) is 9.37 Å². The maximum absolute atomic E-state index is 13.1. The van der Waals surface area contributed by atoms with Gasteiger partial charge in [-0.2, -0.15) is 10.1 Å². The molecule has 0 unspecified atom stereocenters. The summed E-state index contributed by atoms with van der Waals surface area (Å²) in [6.07, 6.45) is 3.82. The van der Waals surface area contributed by atoms with Crippen molar-refractivity contribution in [3.8, 4) is 0 Å². The zero-order chi connectivity index (χ0) is 18.8. The van der Waals surface area contributed by atoms with Gasteiger partial charge in [-0.3, -0.25) is 5.10 Å². The van der Waals surface area contributed by atoms with Crippen molar-refractivity contribution < 1.29 is 9.50 Å². The zero-order valence-electron chi connectivity index (χ0n) is 14.3. The minimum atomic E-state index is -0.480. The Hall–Kier alpha value is -2.71. The number of nitrogens with zero attached hydrogens (tertiary/aromatic N) is 3. The number of nitrogens with one attached hydrogen (secondary N) is 3. The van der Waals surface area contributed by atoms with E-state index in [1.165, 1.54) is 31.2 Å². The minimum absolute atomic E-state index is 0.204. The zero-order valence-corrected chi connectivity index (χ0v) is 15.0. The van der Waals surface area contributed by atoms with Gasteiger partial charge in [0.1, 0.15) is 10.8 Å². The molecule has 27 heavy (non-hydrogen) atoms. The van der Waals surface area contributed by atoms with Crippen LogP contribution < -0.4 is 10.6 Å². The van der Waals surface area contributed by atoms with E-state index in [4.69, 9.17) is 11.6 Å². The molecule has 2 heterocycles. The number of anilines is 3. The standard InChI is InChI=1S/C18H18ClFN6O/c19-13-8-21-18(22-15(9-27)11-3-5-12(20)6-4-11)24-17(13)23-16-7-14(25-26-16)10-1-2-10/h3-8,10,15,27H,1-2,9H2,(H3,21,22,23,24,25,26)/t15-/m0/s1. The van der Waals surface area contributed by atoms with Crippen LogP contribution in [0.3, 0.4) is 0 Å². The van der Waals surface area contributed by atoms with Crippen molar-refractivity contribution in [1.82, 2.24) is 20.2 Å². The summed E-state index contributed by atoms with van der Waals surface area (Å²) in [5.74, 6) is 1.53. The summed E-state index contributed by atoms with van der Waals surface area (Å²) in [5, 5.41) is 23.4. The molecule has 7 nitrogen and oxygen atoms in total. The number of aliphatic hydroxyl groups is 1. The molecule has 4 N–H and O–H groups in total. The predicted molar refractivity (Wildman–Crippen MR) is 101 cm³/mol. The lowest BCUT2D eigenvalue weighted by Gasteiger charge is -2.17. The number of rotatable bonds is 7. The Morgan fingerprint density at radius 2 is 2.07 bits per heavy atom. The third-order valence-corrected chi connectivity index (χ3v) is 4.64. The summed E-state index contributed by atoms with van der Waals surface area (Å²) in [4.78, 5) is 8.51. The van der Waals surface area contributed by atoms with Crippen LogP contribution >= 0.6 is 11.6 Å². The second-order valence-corrected chi connectivity index (χ2v) is 6.84. The van der Waals surface area contributed by atoms with Gasteiger partial charge >= 0.3 is 0 Å². The van der Waals surface area contributed by atoms with E-state index in [1.807, 2.05) is 6.07 Å². The van der Waals surface area contributed by atoms with Crippen molar-refractivity contribution in [3.63, 3.8) is 0 Å². The van der Waals surface area contributed by atoms with Crippen LogP contribution in [0, 0.1) is 5.82 Å². The van der Waals surface area contributed by atoms with Gasteiger partial charge in [0.2, 0.25) is 5.95 Å². The van der Waals surface area contributed by atoms with Crippen molar-refractivity contribution >= 4 is 29.2 Å². The van der Waals surface area contributed by atoms with Gasteiger partial charge in [0.15, 0.2) is 11.6 Å². The van der Waals surface area contributed by atoms with Crippen LogP contribution in [-0.4, -0.2) is 31.9 Å². The molecule has 9 heteroatoms. The smallest absolute Gasteiger partial charge is 0.225 e. The van der Waals surface area contributed by atoms with E-state index >= 15 is 0 Å². The van der Waals surface area contributed by atoms with Crippen LogP contribution in [-0.2, 0) is 0 Å². The molecule has 3 aromatic rings. The minimum Gasteiger partial charge on any atom is -0.394 e. The number of H-pyrrole nitrogens is 1. The molecule has 1 aliphatic rings. The second kappa shape index (κ2) is 7.50. The first-order valence-electron chi connectivity index (χ1n) is 8.60. The summed E-state index contributed by atoms with van der Waals surface area (Å²) in [5.41, 5.74) is 1.81. The van der Waals surface area contributed by atoms with Gasteiger partial charge < -0.3 is 15.7 Å². The first-order valence-corrected chi connectivity index (χ1v) is 8.98. The van der Waals surface area contributed by atoms with Crippen LogP contribution in [0.25, 0.3) is 0 Å². The van der Waals surface area contributed by atoms with Crippen molar-refractivity contribution in [2.45, 2.75) is 24.8 Å². The Labute approximate surface area is 160 Å². The number of hydrogen-bond acceptors (Lipinski definition) is 6. The Morgan fingerprint density at radius 3 is 2.78 bits per heavy atom. The highest BCUT2D eigenvalue weighted by atomic mass is 35.5. The summed E-state index contributed by atoms with van der Waals surface area (Å²) in [6, 6.07) is 7.34. The average molecular weight is 389 g/mol. The third kappa shape index (κ3) is 4.17. The van der Waals surface area contributed by atoms with E-state index in [9.17, 15) is 9.50 Å². The summed E-state index contributed by atoms with van der Waals surface area (Å²) in [6.45, 7) is -0.204. The molecule has 1 atom stereocenters. The predicted octanol–water partition coefficient (Wildman–Crippen LogP) is 3.76. The number of aromatic amines is 1. The number of hydrogen-bond donors (Lipinski definition) is 4. The highest BCUT2D eigenvalue weighted by Gasteiger charge is 2.25. The summed E-state index contributed by atoms with van der Waals surface area (Å²) >= 11 is 6.19. The molecule has 1 fully saturated rings. The average Bonchev–Trinajstić information content (AvgIpc) is 3.42. The van der Waals surface area contributed by atoms with Crippen LogP contribution in [0.1, 0.15) is 36.1 Å². The number of halogens is 2. The lowest BCUT2D eigenvalue weighted by molar-refractivity contribution is 0.276. The fourth-order valence-electron chi connectivity index (χ4n) is 2.74. The first-order chi connectivity index (χ1) is 13.1. The molecule has 0 saturated heterocycles. The first kappa shape index (κ1) is 17.7. The molecule has 4 rings (SSSR count). The molecule has 0 bridgehead atoms. The highest BCUT2D eigenvalue weighted by molar-refractivity contribution is 6.32. The van der Waals surface area contributed by atoms with Crippen molar-refractivity contribution in [2.24, 2.45) is 0 Å². The monoisotopic (exact) mass is 388 g/mol. The highest BCUT2D eigenvalue weighted by Crippen LogP contribution is 2.39. The SMILES string of the molecule is OC[C@H](Nc1ncc(Cl)c(Nc2cc(C3CC3)[nH]n2)n1)c1ccc(F)cc1. The van der Waals surface area contributed by atoms with Crippen LogP contribution in [0.15, 0.2) is 36.5 Å². The van der Waals surface area contributed by atoms with Crippen LogP contribution in [0.4, 0.5) is 22.0 Å². The molecule has 0 aliphatic heterocycles. The topological polar surface area (TPSA) is 98.8 Å². The molecule has 0 spiro atoms. The Balaban J connectivity index is 1.51. The van der Waals surface area contributed by atoms with Gasteiger partial charge in [0.25, 0.3) is 0 Å². The van der Waals surface area contributed by atoms with Gasteiger partial charge in [-0.15, -0.1) is 0 Å². The van der Waals surface area contributed by atoms with Crippen molar-refractivity contribution in [2.75, 3.05) is 17.2 Å². The Bertz CT molecular complexity index is 928. The second-order valence-electron chi connectivity index (χ2n) is 6.43. The third-order valence-electron chi connectivity index (χ3n) is 4.36. The largest absolute Gasteiger partial charge is 0.394 e. The van der Waals surface area contributed by atoms with Crippen molar-refractivity contribution in [3.05, 3.63) is 58.6 Å². The van der Waals surface area contributed by atoms with E-state index in [-0.39, 0.29) is 18.4 Å². The number of aliphatic hydroxyl groups excluding tert-OH is 1. The van der Waals surface area contributed by atoms with E-state index in [0.717, 1.165) is 5.69 Å². The van der Waals surface area contributed by atoms with E-state index < -0.39 is 6.04 Å². The van der Waals surface area contributed by atoms with E-state index in [2.05, 4.69) is 30.8 Å². The van der Waals surface area contributed by atoms with Crippen LogP contribution in [0.5, 0.6) is 0 Å². The van der Waals surface area contributed by atoms with E-state index in [1.54, 1.807) is 12.1 Å². The normalized spacial score (nSPS) is 14.8. The summed E-state index contributed by atoms with van der Waals surface area (Å²) < 4.78 is 13.1. The molecular weight excluding hydrogens is 371 g/mol. The lowest BCUT2D eigenvalue weighted by atomic mass is 10.1. The van der Waals surface area contributed by atoms with Crippen LogP contribution in [0.2, 0.25) is 5.02 Å². The Kier molecular flexibility index (Phi) is 4.91. The van der Waals surface area contributed by atoms with Gasteiger partial charge in [0, 0.05) is 17.7 Å². The Morgan fingerprint density at radius 1 is 1.30 bits per heavy atom. The molecule has 0 amide bonds.